The van der Waals surface area contributed by atoms with Crippen LogP contribution in [0, 0.1) is 0 Å². The highest BCUT2D eigenvalue weighted by molar-refractivity contribution is 6.03. The number of carbonyl (C=O) groups excluding carboxylic acids is 4. The average Bonchev–Trinajstić information content (AvgIpc) is 2.88. The van der Waals surface area contributed by atoms with Gasteiger partial charge in [0.2, 0.25) is 0 Å². The van der Waals surface area contributed by atoms with Crippen LogP contribution in [0.2, 0.25) is 0 Å². The van der Waals surface area contributed by atoms with Crippen LogP contribution in [0.25, 0.3) is 0 Å². The summed E-state index contributed by atoms with van der Waals surface area (Å²) in [6.07, 6.45) is -1.21. The molecule has 1 atom stereocenters. The summed E-state index contributed by atoms with van der Waals surface area (Å²) in [7, 11) is 1.53. The van der Waals surface area contributed by atoms with Gasteiger partial charge >= 0.3 is 12.0 Å². The van der Waals surface area contributed by atoms with Gasteiger partial charge in [-0.15, -0.1) is 0 Å². The Morgan fingerprint density at radius 3 is 2.19 bits per heavy atom. The highest BCUT2D eigenvalue weighted by atomic mass is 16.5. The Morgan fingerprint density at radius 1 is 0.806 bits per heavy atom. The minimum atomic E-state index is -1.21. The lowest BCUT2D eigenvalue weighted by atomic mass is 10.2. The minimum Gasteiger partial charge on any atom is -0.497 e. The predicted molar refractivity (Wildman–Crippen MR) is 132 cm³/mol. The molecule has 3 aromatic rings. The van der Waals surface area contributed by atoms with E-state index in [2.05, 4.69) is 16.0 Å². The second-order valence-electron chi connectivity index (χ2n) is 7.45. The third-order valence-electron chi connectivity index (χ3n) is 4.73. The highest BCUT2D eigenvalue weighted by Crippen LogP contribution is 2.17. The molecule has 0 radical (unpaired) electrons. The van der Waals surface area contributed by atoms with Crippen LogP contribution in [0.5, 0.6) is 11.5 Å². The van der Waals surface area contributed by atoms with Crippen LogP contribution in [0.3, 0.4) is 0 Å². The molecule has 1 unspecified atom stereocenters. The van der Waals surface area contributed by atoms with Crippen molar-refractivity contribution in [3.8, 4) is 11.5 Å². The Labute approximate surface area is 207 Å². The molecule has 10 nitrogen and oxygen atoms in total. The van der Waals surface area contributed by atoms with Crippen molar-refractivity contribution in [3.05, 3.63) is 84.4 Å². The molecule has 0 aliphatic carbocycles. The number of carbonyl (C=O) groups is 4. The molecule has 0 aliphatic rings. The number of urea groups is 1. The van der Waals surface area contributed by atoms with E-state index in [0.29, 0.717) is 22.9 Å². The van der Waals surface area contributed by atoms with Gasteiger partial charge in [0.15, 0.2) is 12.7 Å². The van der Waals surface area contributed by atoms with E-state index < -0.39 is 24.0 Å². The number of ether oxygens (including phenoxy) is 3. The zero-order valence-electron chi connectivity index (χ0n) is 19.6. The number of anilines is 2. The zero-order valence-corrected chi connectivity index (χ0v) is 19.6. The fourth-order valence-electron chi connectivity index (χ4n) is 2.91. The number of hydrogen-bond donors (Lipinski definition) is 3. The Balaban J connectivity index is 1.44. The van der Waals surface area contributed by atoms with Crippen molar-refractivity contribution in [3.63, 3.8) is 0 Å². The summed E-state index contributed by atoms with van der Waals surface area (Å²) in [6, 6.07) is 20.6. The Kier molecular flexibility index (Phi) is 8.99. The summed E-state index contributed by atoms with van der Waals surface area (Å²) in [5.74, 6) is -0.945. The quantitative estimate of drug-likeness (QED) is 0.390. The summed E-state index contributed by atoms with van der Waals surface area (Å²) in [5.41, 5.74) is 1.24. The van der Waals surface area contributed by atoms with E-state index in [1.807, 2.05) is 0 Å². The van der Waals surface area contributed by atoms with Crippen LogP contribution in [0.1, 0.15) is 17.3 Å². The van der Waals surface area contributed by atoms with Crippen molar-refractivity contribution in [2.24, 2.45) is 0 Å². The number of rotatable bonds is 9. The molecule has 186 valence electrons. The van der Waals surface area contributed by atoms with E-state index in [0.717, 1.165) is 0 Å². The Bertz CT molecular complexity index is 1210. The predicted octanol–water partition coefficient (Wildman–Crippen LogP) is 3.61. The molecule has 0 bridgehead atoms. The largest absolute Gasteiger partial charge is 0.497 e. The van der Waals surface area contributed by atoms with Crippen molar-refractivity contribution in [1.29, 1.82) is 0 Å². The fraction of sp³-hybridized carbons (Fsp3) is 0.154. The van der Waals surface area contributed by atoms with E-state index >= 15 is 0 Å². The first kappa shape index (κ1) is 25.8. The first-order valence-corrected chi connectivity index (χ1v) is 10.9. The maximum atomic E-state index is 12.4. The van der Waals surface area contributed by atoms with Gasteiger partial charge in [-0.05, 0) is 55.5 Å². The molecule has 0 aromatic heterocycles. The lowest BCUT2D eigenvalue weighted by Crippen LogP contribution is -2.41. The Hall–Kier alpha value is -4.86. The summed E-state index contributed by atoms with van der Waals surface area (Å²) in [5, 5.41) is 7.30. The second kappa shape index (κ2) is 12.6. The summed E-state index contributed by atoms with van der Waals surface area (Å²) in [6.45, 7) is 1.10. The van der Waals surface area contributed by atoms with Gasteiger partial charge in [0.25, 0.3) is 11.8 Å². The molecule has 0 saturated carbocycles. The molecule has 3 rings (SSSR count). The topological polar surface area (TPSA) is 132 Å². The molecule has 10 heteroatoms. The van der Waals surface area contributed by atoms with Crippen LogP contribution >= 0.6 is 0 Å². The normalized spacial score (nSPS) is 10.9. The van der Waals surface area contributed by atoms with Gasteiger partial charge in [-0.25, -0.2) is 9.59 Å². The smallest absolute Gasteiger partial charge is 0.338 e. The average molecular weight is 492 g/mol. The van der Waals surface area contributed by atoms with E-state index in [1.54, 1.807) is 54.6 Å². The number of benzene rings is 3. The van der Waals surface area contributed by atoms with Crippen molar-refractivity contribution in [2.75, 3.05) is 24.4 Å². The van der Waals surface area contributed by atoms with Crippen molar-refractivity contribution < 1.29 is 33.4 Å². The molecular weight excluding hydrogens is 466 g/mol. The number of imide groups is 1. The van der Waals surface area contributed by atoms with E-state index in [1.165, 1.54) is 38.3 Å². The molecule has 0 spiro atoms. The lowest BCUT2D eigenvalue weighted by molar-refractivity contribution is -0.127. The molecule has 36 heavy (non-hydrogen) atoms. The van der Waals surface area contributed by atoms with Crippen LogP contribution in [0.15, 0.2) is 78.9 Å². The molecular formula is C26H25N3O7. The van der Waals surface area contributed by atoms with Gasteiger partial charge < -0.3 is 24.8 Å². The van der Waals surface area contributed by atoms with Crippen LogP contribution in [-0.2, 0) is 14.3 Å². The van der Waals surface area contributed by atoms with Gasteiger partial charge in [0, 0.05) is 17.4 Å². The molecule has 0 aliphatic heterocycles. The van der Waals surface area contributed by atoms with Crippen LogP contribution in [-0.4, -0.2) is 43.6 Å². The van der Waals surface area contributed by atoms with E-state index in [9.17, 15) is 19.2 Å². The van der Waals surface area contributed by atoms with Crippen molar-refractivity contribution >= 4 is 35.2 Å². The number of methoxy groups -OCH3 is 1. The lowest BCUT2D eigenvalue weighted by Gasteiger charge is -2.13. The third kappa shape index (κ3) is 7.87. The van der Waals surface area contributed by atoms with Crippen LogP contribution < -0.4 is 25.4 Å². The first-order chi connectivity index (χ1) is 17.3. The summed E-state index contributed by atoms with van der Waals surface area (Å²) in [4.78, 5) is 48.6. The number of esters is 1. The van der Waals surface area contributed by atoms with Gasteiger partial charge in [0.1, 0.15) is 11.5 Å². The molecule has 0 saturated heterocycles. The van der Waals surface area contributed by atoms with Crippen molar-refractivity contribution in [2.45, 2.75) is 13.0 Å². The second-order valence-corrected chi connectivity index (χ2v) is 7.45. The molecule has 4 amide bonds. The SMILES string of the molecule is COc1cccc(NC(=O)COc2ccc(C(=O)OC(C)C(=O)NC(=O)Nc3ccccc3)cc2)c1. The third-order valence-corrected chi connectivity index (χ3v) is 4.73. The molecule has 3 aromatic carbocycles. The minimum absolute atomic E-state index is 0.163. The maximum Gasteiger partial charge on any atom is 0.338 e. The number of para-hydroxylation sites is 1. The monoisotopic (exact) mass is 491 g/mol. The summed E-state index contributed by atoms with van der Waals surface area (Å²) >= 11 is 0. The molecule has 3 N–H and O–H groups in total. The van der Waals surface area contributed by atoms with E-state index in [-0.39, 0.29) is 18.1 Å². The zero-order chi connectivity index (χ0) is 25.9. The number of nitrogens with one attached hydrogen (secondary N) is 3. The first-order valence-electron chi connectivity index (χ1n) is 10.9. The van der Waals surface area contributed by atoms with Gasteiger partial charge in [0.05, 0.1) is 12.7 Å². The number of hydrogen-bond acceptors (Lipinski definition) is 7. The van der Waals surface area contributed by atoms with Crippen molar-refractivity contribution in [1.82, 2.24) is 5.32 Å². The molecule has 0 heterocycles. The fourth-order valence-corrected chi connectivity index (χ4v) is 2.91. The standard InChI is InChI=1S/C26H25N3O7/c1-17(24(31)29-26(33)28-19-7-4-3-5-8-19)36-25(32)18-11-13-21(14-12-18)35-16-23(30)27-20-9-6-10-22(15-20)34-2/h3-15,17H,16H2,1-2H3,(H,27,30)(H2,28,29,31,33). The Morgan fingerprint density at radius 2 is 1.50 bits per heavy atom. The molecule has 0 fully saturated rings. The van der Waals surface area contributed by atoms with Gasteiger partial charge in [-0.1, -0.05) is 24.3 Å². The van der Waals surface area contributed by atoms with Gasteiger partial charge in [-0.2, -0.15) is 0 Å². The van der Waals surface area contributed by atoms with Crippen LogP contribution in [0.4, 0.5) is 16.2 Å². The maximum absolute atomic E-state index is 12.4. The van der Waals surface area contributed by atoms with E-state index in [4.69, 9.17) is 14.2 Å². The summed E-state index contributed by atoms with van der Waals surface area (Å²) < 4.78 is 15.7. The highest BCUT2D eigenvalue weighted by Gasteiger charge is 2.21. The number of amides is 4. The van der Waals surface area contributed by atoms with Gasteiger partial charge in [-0.3, -0.25) is 14.9 Å².